The highest BCUT2D eigenvalue weighted by atomic mass is 35.5. The molecule has 0 atom stereocenters. The molecule has 23 heavy (non-hydrogen) atoms. The molecule has 0 aliphatic carbocycles. The number of nitro benzene ring substituents is 1. The number of nitrogens with zero attached hydrogens (tertiary/aromatic N) is 1. The monoisotopic (exact) mass is 375 g/mol. The van der Waals surface area contributed by atoms with Gasteiger partial charge >= 0.3 is 0 Å². The van der Waals surface area contributed by atoms with Crippen LogP contribution < -0.4 is 10.0 Å². The molecule has 0 spiro atoms. The highest BCUT2D eigenvalue weighted by Gasteiger charge is 2.20. The highest BCUT2D eigenvalue weighted by Crippen LogP contribution is 2.32. The van der Waals surface area contributed by atoms with Crippen molar-refractivity contribution in [1.29, 1.82) is 0 Å². The molecule has 10 heteroatoms. The van der Waals surface area contributed by atoms with Crippen molar-refractivity contribution in [3.8, 4) is 0 Å². The van der Waals surface area contributed by atoms with E-state index in [1.165, 1.54) is 31.3 Å². The quantitative estimate of drug-likeness (QED) is 0.614. The van der Waals surface area contributed by atoms with Crippen LogP contribution in [0.25, 0.3) is 0 Å². The number of anilines is 2. The first kappa shape index (κ1) is 17.5. The van der Waals surface area contributed by atoms with Gasteiger partial charge < -0.3 is 5.32 Å². The van der Waals surface area contributed by atoms with E-state index >= 15 is 0 Å². The Labute approximate surface area is 142 Å². The molecular formula is C13H11Cl2N3O4S. The van der Waals surface area contributed by atoms with Crippen LogP contribution in [0, 0.1) is 10.1 Å². The summed E-state index contributed by atoms with van der Waals surface area (Å²) in [7, 11) is -2.55. The number of hydrogen-bond acceptors (Lipinski definition) is 5. The molecule has 0 radical (unpaired) electrons. The van der Waals surface area contributed by atoms with Crippen molar-refractivity contribution in [3.05, 3.63) is 56.6 Å². The van der Waals surface area contributed by atoms with Crippen molar-refractivity contribution in [3.63, 3.8) is 0 Å². The molecular weight excluding hydrogens is 365 g/mol. The molecule has 2 aromatic rings. The van der Waals surface area contributed by atoms with Crippen molar-refractivity contribution >= 4 is 50.3 Å². The van der Waals surface area contributed by atoms with Crippen LogP contribution in [0.2, 0.25) is 10.0 Å². The van der Waals surface area contributed by atoms with Crippen molar-refractivity contribution in [2.24, 2.45) is 0 Å². The van der Waals surface area contributed by atoms with E-state index in [2.05, 4.69) is 10.0 Å². The van der Waals surface area contributed by atoms with Crippen LogP contribution in [0.3, 0.4) is 0 Å². The van der Waals surface area contributed by atoms with Gasteiger partial charge in [-0.3, -0.25) is 10.1 Å². The predicted octanol–water partition coefficient (Wildman–Crippen LogP) is 3.55. The molecule has 122 valence electrons. The summed E-state index contributed by atoms with van der Waals surface area (Å²) in [5.74, 6) is 0. The summed E-state index contributed by atoms with van der Waals surface area (Å²) >= 11 is 11.7. The van der Waals surface area contributed by atoms with E-state index in [-0.39, 0.29) is 21.3 Å². The lowest BCUT2D eigenvalue weighted by atomic mass is 10.2. The second-order valence-electron chi connectivity index (χ2n) is 4.40. The summed E-state index contributed by atoms with van der Waals surface area (Å²) in [5.41, 5.74) is 0.225. The van der Waals surface area contributed by atoms with E-state index in [4.69, 9.17) is 23.2 Å². The number of sulfonamides is 1. The fraction of sp³-hybridized carbons (Fsp3) is 0.0769. The van der Waals surface area contributed by atoms with Crippen molar-refractivity contribution in [2.75, 3.05) is 12.4 Å². The Kier molecular flexibility index (Phi) is 5.10. The van der Waals surface area contributed by atoms with Crippen LogP contribution in [0.4, 0.5) is 17.1 Å². The van der Waals surface area contributed by atoms with E-state index in [0.717, 1.165) is 6.07 Å². The lowest BCUT2D eigenvalue weighted by molar-refractivity contribution is -0.384. The van der Waals surface area contributed by atoms with E-state index < -0.39 is 14.9 Å². The van der Waals surface area contributed by atoms with Crippen LogP contribution in [0.1, 0.15) is 0 Å². The zero-order valence-electron chi connectivity index (χ0n) is 11.7. The molecule has 2 aromatic carbocycles. The van der Waals surface area contributed by atoms with Gasteiger partial charge in [0.15, 0.2) is 0 Å². The van der Waals surface area contributed by atoms with E-state index in [9.17, 15) is 18.5 Å². The van der Waals surface area contributed by atoms with E-state index in [1.807, 2.05) is 0 Å². The van der Waals surface area contributed by atoms with E-state index in [0.29, 0.717) is 10.7 Å². The molecule has 2 N–H and O–H groups in total. The molecule has 0 fully saturated rings. The zero-order valence-corrected chi connectivity index (χ0v) is 14.0. The first-order valence-electron chi connectivity index (χ1n) is 6.18. The number of halogens is 2. The van der Waals surface area contributed by atoms with Gasteiger partial charge in [-0.2, -0.15) is 0 Å². The average molecular weight is 376 g/mol. The fourth-order valence-electron chi connectivity index (χ4n) is 1.78. The Morgan fingerprint density at radius 3 is 2.35 bits per heavy atom. The predicted molar refractivity (Wildman–Crippen MR) is 89.1 cm³/mol. The van der Waals surface area contributed by atoms with Crippen molar-refractivity contribution in [2.45, 2.75) is 4.90 Å². The maximum Gasteiger partial charge on any atom is 0.294 e. The zero-order chi connectivity index (χ0) is 17.2. The molecule has 2 rings (SSSR count). The van der Waals surface area contributed by atoms with Crippen LogP contribution in [0.15, 0.2) is 41.3 Å². The molecule has 0 heterocycles. The minimum absolute atomic E-state index is 0.128. The smallest absolute Gasteiger partial charge is 0.294 e. The van der Waals surface area contributed by atoms with Gasteiger partial charge in [-0.05, 0) is 37.4 Å². The van der Waals surface area contributed by atoms with Gasteiger partial charge in [0.25, 0.3) is 5.69 Å². The SMILES string of the molecule is CNS(=O)(=O)c1ccc(Nc2ccc(Cl)c(Cl)c2)c([N+](=O)[O-])c1. The second-order valence-corrected chi connectivity index (χ2v) is 7.10. The van der Waals surface area contributed by atoms with Gasteiger partial charge in [-0.1, -0.05) is 23.2 Å². The molecule has 0 unspecified atom stereocenters. The number of rotatable bonds is 5. The molecule has 0 bridgehead atoms. The Bertz CT molecular complexity index is 872. The molecule has 0 aliphatic rings. The minimum atomic E-state index is -3.78. The normalized spacial score (nSPS) is 11.3. The Balaban J connectivity index is 2.46. The third-order valence-electron chi connectivity index (χ3n) is 2.94. The minimum Gasteiger partial charge on any atom is -0.350 e. The lowest BCUT2D eigenvalue weighted by Crippen LogP contribution is -2.18. The number of benzene rings is 2. The largest absolute Gasteiger partial charge is 0.350 e. The van der Waals surface area contributed by atoms with Crippen molar-refractivity contribution in [1.82, 2.24) is 4.72 Å². The standard InChI is InChI=1S/C13H11Cl2N3O4S/c1-16-23(21,22)9-3-5-12(13(7-9)18(19)20)17-8-2-4-10(14)11(15)6-8/h2-7,16-17H,1H3. The molecule has 0 saturated carbocycles. The fourth-order valence-corrected chi connectivity index (χ4v) is 2.83. The number of hydrogen-bond donors (Lipinski definition) is 2. The topological polar surface area (TPSA) is 101 Å². The summed E-state index contributed by atoms with van der Waals surface area (Å²) in [5, 5.41) is 14.7. The maximum atomic E-state index is 11.7. The summed E-state index contributed by atoms with van der Waals surface area (Å²) < 4.78 is 25.6. The summed E-state index contributed by atoms with van der Waals surface area (Å²) in [6, 6.07) is 8.19. The summed E-state index contributed by atoms with van der Waals surface area (Å²) in [6.07, 6.45) is 0. The van der Waals surface area contributed by atoms with Gasteiger partial charge in [0.05, 0.1) is 19.9 Å². The molecule has 0 saturated heterocycles. The van der Waals surface area contributed by atoms with Crippen LogP contribution in [-0.2, 0) is 10.0 Å². The Morgan fingerprint density at radius 1 is 1.09 bits per heavy atom. The van der Waals surface area contributed by atoms with Crippen LogP contribution >= 0.6 is 23.2 Å². The lowest BCUT2D eigenvalue weighted by Gasteiger charge is -2.09. The first-order chi connectivity index (χ1) is 10.7. The van der Waals surface area contributed by atoms with Crippen molar-refractivity contribution < 1.29 is 13.3 Å². The second kappa shape index (κ2) is 6.71. The van der Waals surface area contributed by atoms with Gasteiger partial charge in [0.2, 0.25) is 10.0 Å². The number of nitrogens with one attached hydrogen (secondary N) is 2. The molecule has 0 aliphatic heterocycles. The van der Waals surface area contributed by atoms with Crippen LogP contribution in [-0.4, -0.2) is 20.4 Å². The first-order valence-corrected chi connectivity index (χ1v) is 8.42. The number of nitro groups is 1. The molecule has 0 amide bonds. The third kappa shape index (κ3) is 3.91. The highest BCUT2D eigenvalue weighted by molar-refractivity contribution is 7.89. The Morgan fingerprint density at radius 2 is 1.78 bits per heavy atom. The van der Waals surface area contributed by atoms with Crippen LogP contribution in [0.5, 0.6) is 0 Å². The van der Waals surface area contributed by atoms with E-state index in [1.54, 1.807) is 6.07 Å². The summed E-state index contributed by atoms with van der Waals surface area (Å²) in [6.45, 7) is 0. The summed E-state index contributed by atoms with van der Waals surface area (Å²) in [4.78, 5) is 10.3. The van der Waals surface area contributed by atoms with Gasteiger partial charge in [0.1, 0.15) is 5.69 Å². The van der Waals surface area contributed by atoms with Gasteiger partial charge in [0, 0.05) is 11.8 Å². The van der Waals surface area contributed by atoms with Gasteiger partial charge in [-0.25, -0.2) is 13.1 Å². The third-order valence-corrected chi connectivity index (χ3v) is 5.09. The Hall–Kier alpha value is -1.87. The molecule has 7 nitrogen and oxygen atoms in total. The molecule has 0 aromatic heterocycles. The maximum absolute atomic E-state index is 11.7. The average Bonchev–Trinajstić information content (AvgIpc) is 2.51. The van der Waals surface area contributed by atoms with Gasteiger partial charge in [-0.15, -0.1) is 0 Å².